The summed E-state index contributed by atoms with van der Waals surface area (Å²) in [4.78, 5) is 38.4. The number of fused-ring (bicyclic) bond motifs is 3. The van der Waals surface area contributed by atoms with Crippen LogP contribution < -0.4 is 16.6 Å². The van der Waals surface area contributed by atoms with Crippen LogP contribution in [0.4, 0.5) is 0 Å². The van der Waals surface area contributed by atoms with Crippen molar-refractivity contribution < 1.29 is 0 Å². The average molecular weight is 428 g/mol. The van der Waals surface area contributed by atoms with E-state index < -0.39 is 11.2 Å². The molecule has 162 valence electrons. The molecule has 0 atom stereocenters. The Balaban J connectivity index is 1.40. The molecule has 2 aromatic carbocycles. The summed E-state index contributed by atoms with van der Waals surface area (Å²) in [5.74, 6) is 0.313. The van der Waals surface area contributed by atoms with Crippen molar-refractivity contribution in [3.05, 3.63) is 80.1 Å². The summed E-state index contributed by atoms with van der Waals surface area (Å²) in [6.07, 6.45) is 2.95. The molecule has 0 saturated carbocycles. The molecule has 8 heteroatoms. The zero-order valence-corrected chi connectivity index (χ0v) is 18.0. The molecule has 2 aliphatic heterocycles. The van der Waals surface area contributed by atoms with Crippen LogP contribution in [0.5, 0.6) is 0 Å². The molecule has 0 fully saturated rings. The molecule has 3 heterocycles. The third-order valence-corrected chi connectivity index (χ3v) is 5.98. The molecule has 0 unspecified atom stereocenters. The van der Waals surface area contributed by atoms with E-state index in [9.17, 15) is 9.59 Å². The highest BCUT2D eigenvalue weighted by atomic mass is 16.2. The van der Waals surface area contributed by atoms with E-state index in [2.05, 4.69) is 43.6 Å². The minimum Gasteiger partial charge on any atom is -0.361 e. The molecule has 3 N–H and O–H groups in total. The number of H-pyrrole nitrogens is 2. The molecule has 8 nitrogen and oxygen atoms in total. The highest BCUT2D eigenvalue weighted by Gasteiger charge is 2.19. The van der Waals surface area contributed by atoms with Gasteiger partial charge in [0.2, 0.25) is 0 Å². The van der Waals surface area contributed by atoms with Crippen LogP contribution in [0.1, 0.15) is 16.7 Å². The van der Waals surface area contributed by atoms with Gasteiger partial charge in [-0.2, -0.15) is 4.98 Å². The Morgan fingerprint density at radius 3 is 2.72 bits per heavy atom. The Morgan fingerprint density at radius 2 is 1.84 bits per heavy atom. The first-order valence-electron chi connectivity index (χ1n) is 10.7. The van der Waals surface area contributed by atoms with Crippen LogP contribution in [0.15, 0.2) is 52.2 Å². The van der Waals surface area contributed by atoms with E-state index in [-0.39, 0.29) is 5.69 Å². The Morgan fingerprint density at radius 1 is 1.03 bits per heavy atom. The highest BCUT2D eigenvalue weighted by Crippen LogP contribution is 2.23. The molecule has 1 aromatic heterocycles. The van der Waals surface area contributed by atoms with E-state index >= 15 is 0 Å². The average Bonchev–Trinajstić information content (AvgIpc) is 3.18. The first-order chi connectivity index (χ1) is 15.5. The molecule has 0 bridgehead atoms. The number of benzene rings is 2. The normalized spacial score (nSPS) is 11.7. The molecule has 3 aromatic rings. The lowest BCUT2D eigenvalue weighted by Crippen LogP contribution is -2.30. The first kappa shape index (κ1) is 20.1. The monoisotopic (exact) mass is 428 g/mol. The van der Waals surface area contributed by atoms with E-state index in [0.29, 0.717) is 24.4 Å². The van der Waals surface area contributed by atoms with Gasteiger partial charge in [-0.05, 0) is 61.7 Å². The van der Waals surface area contributed by atoms with Gasteiger partial charge in [-0.15, -0.1) is 0 Å². The van der Waals surface area contributed by atoms with Crippen LogP contribution in [-0.4, -0.2) is 37.6 Å². The first-order valence-corrected chi connectivity index (χ1v) is 10.7. The zero-order chi connectivity index (χ0) is 22.2. The van der Waals surface area contributed by atoms with Gasteiger partial charge in [0.15, 0.2) is 11.5 Å². The molecular formula is C24H24N6O2. The number of nitrogens with zero attached hydrogens (tertiary/aromatic N) is 3. The standard InChI is InChI=1S/C24H24N6O2/c1-14-11-19-20(12-15(14)2)30(22-21(27-19)23(31)29-24(32)28-22)10-9-25-8-7-16-13-26-18-6-4-3-5-17(16)18/h3-6,11-13,25-26H,7-10H2,1-2H3,(H,29,31,32). The second kappa shape index (κ2) is 8.05. The topological polar surface area (TPSA) is 108 Å². The van der Waals surface area contributed by atoms with Gasteiger partial charge < -0.3 is 14.9 Å². The molecule has 5 rings (SSSR count). The number of nitrogens with one attached hydrogen (secondary N) is 3. The van der Waals surface area contributed by atoms with Gasteiger partial charge >= 0.3 is 5.69 Å². The lowest BCUT2D eigenvalue weighted by Gasteiger charge is -2.18. The minimum absolute atomic E-state index is 0.180. The van der Waals surface area contributed by atoms with E-state index in [0.717, 1.165) is 35.1 Å². The van der Waals surface area contributed by atoms with Crippen LogP contribution >= 0.6 is 0 Å². The van der Waals surface area contributed by atoms with E-state index in [1.807, 2.05) is 42.7 Å². The van der Waals surface area contributed by atoms with Crippen LogP contribution in [0, 0.1) is 13.8 Å². The quantitative estimate of drug-likeness (QED) is 0.284. The van der Waals surface area contributed by atoms with E-state index in [1.165, 1.54) is 10.9 Å². The third-order valence-electron chi connectivity index (χ3n) is 5.98. The Labute approximate surface area is 183 Å². The Bertz CT molecular complexity index is 1530. The SMILES string of the molecule is Cc1cc2nc3c(=O)[nH]c(=O)nc-3n(CCNCCc3c[nH]c4ccccc34)c2cc1C. The molecular weight excluding hydrogens is 404 g/mol. The Hall–Kier alpha value is -3.78. The zero-order valence-electron chi connectivity index (χ0n) is 18.0. The van der Waals surface area contributed by atoms with Crippen molar-refractivity contribution in [2.24, 2.45) is 0 Å². The second-order valence-corrected chi connectivity index (χ2v) is 8.09. The number of aromatic nitrogens is 5. The minimum atomic E-state index is -0.659. The van der Waals surface area contributed by atoms with Crippen LogP contribution in [0.25, 0.3) is 33.5 Å². The number of aryl methyl sites for hydroxylation is 2. The summed E-state index contributed by atoms with van der Waals surface area (Å²) in [6, 6.07) is 12.3. The molecule has 0 amide bonds. The van der Waals surface area contributed by atoms with Crippen molar-refractivity contribution in [1.29, 1.82) is 0 Å². The van der Waals surface area contributed by atoms with Gasteiger partial charge in [0.05, 0.1) is 11.0 Å². The van der Waals surface area contributed by atoms with Crippen LogP contribution in [0.2, 0.25) is 0 Å². The fourth-order valence-electron chi connectivity index (χ4n) is 4.15. The van der Waals surface area contributed by atoms with Crippen molar-refractivity contribution in [3.8, 4) is 11.5 Å². The molecule has 0 saturated heterocycles. The van der Waals surface area contributed by atoms with Gasteiger partial charge in [-0.3, -0.25) is 9.78 Å². The summed E-state index contributed by atoms with van der Waals surface area (Å²) in [7, 11) is 0. The molecule has 2 aliphatic rings. The van der Waals surface area contributed by atoms with Crippen molar-refractivity contribution >= 4 is 21.9 Å². The summed E-state index contributed by atoms with van der Waals surface area (Å²) < 4.78 is 1.92. The summed E-state index contributed by atoms with van der Waals surface area (Å²) >= 11 is 0. The van der Waals surface area contributed by atoms with E-state index in [1.54, 1.807) is 0 Å². The van der Waals surface area contributed by atoms with Crippen molar-refractivity contribution in [2.45, 2.75) is 26.8 Å². The number of hydrogen-bond acceptors (Lipinski definition) is 5. The lowest BCUT2D eigenvalue weighted by molar-refractivity contribution is 0.604. The summed E-state index contributed by atoms with van der Waals surface area (Å²) in [6.45, 7) is 6.08. The predicted molar refractivity (Wildman–Crippen MR) is 125 cm³/mol. The van der Waals surface area contributed by atoms with Crippen molar-refractivity contribution in [1.82, 2.24) is 29.8 Å². The fourth-order valence-corrected chi connectivity index (χ4v) is 4.15. The van der Waals surface area contributed by atoms with E-state index in [4.69, 9.17) is 0 Å². The van der Waals surface area contributed by atoms with Gasteiger partial charge in [-0.25, -0.2) is 9.78 Å². The summed E-state index contributed by atoms with van der Waals surface area (Å²) in [5.41, 5.74) is 5.21. The fraction of sp³-hybridized carbons (Fsp3) is 0.250. The van der Waals surface area contributed by atoms with Gasteiger partial charge in [0.1, 0.15) is 0 Å². The third kappa shape index (κ3) is 3.58. The van der Waals surface area contributed by atoms with Crippen LogP contribution in [-0.2, 0) is 13.0 Å². The summed E-state index contributed by atoms with van der Waals surface area (Å²) in [5, 5.41) is 4.72. The maximum atomic E-state index is 12.4. The predicted octanol–water partition coefficient (Wildman–Crippen LogP) is 2.52. The molecule has 0 aliphatic carbocycles. The number of rotatable bonds is 6. The van der Waals surface area contributed by atoms with Gasteiger partial charge in [-0.1, -0.05) is 18.2 Å². The molecule has 32 heavy (non-hydrogen) atoms. The van der Waals surface area contributed by atoms with Gasteiger partial charge in [0, 0.05) is 30.2 Å². The maximum Gasteiger partial charge on any atom is 0.349 e. The van der Waals surface area contributed by atoms with Crippen molar-refractivity contribution in [2.75, 3.05) is 13.1 Å². The number of hydrogen-bond donors (Lipinski definition) is 3. The number of aromatic amines is 2. The van der Waals surface area contributed by atoms with Crippen molar-refractivity contribution in [3.63, 3.8) is 0 Å². The molecule has 0 spiro atoms. The largest absolute Gasteiger partial charge is 0.361 e. The lowest BCUT2D eigenvalue weighted by atomic mass is 10.1. The highest BCUT2D eigenvalue weighted by molar-refractivity contribution is 5.83. The van der Waals surface area contributed by atoms with Gasteiger partial charge in [0.25, 0.3) is 5.56 Å². The Kier molecular flexibility index (Phi) is 5.07. The molecule has 0 radical (unpaired) electrons. The number of para-hydroxylation sites is 1. The second-order valence-electron chi connectivity index (χ2n) is 8.09. The maximum absolute atomic E-state index is 12.4. The van der Waals surface area contributed by atoms with Crippen LogP contribution in [0.3, 0.4) is 0 Å². The smallest absolute Gasteiger partial charge is 0.349 e.